The Morgan fingerprint density at radius 1 is 1.21 bits per heavy atom. The molecule has 2 aromatic carbocycles. The Balaban J connectivity index is 0.000000968. The summed E-state index contributed by atoms with van der Waals surface area (Å²) in [6.45, 7) is 1.89. The van der Waals surface area contributed by atoms with Crippen LogP contribution in [0.5, 0.6) is 5.75 Å². The predicted octanol–water partition coefficient (Wildman–Crippen LogP) is 6.57. The van der Waals surface area contributed by atoms with Gasteiger partial charge in [-0.3, -0.25) is 4.79 Å². The highest BCUT2D eigenvalue weighted by Crippen LogP contribution is 2.37. The minimum atomic E-state index is -1.23. The molecule has 0 saturated carbocycles. The summed E-state index contributed by atoms with van der Waals surface area (Å²) in [6, 6.07) is 8.20. The Bertz CT molecular complexity index is 1230. The van der Waals surface area contributed by atoms with Gasteiger partial charge in [0.25, 0.3) is 5.91 Å². The summed E-state index contributed by atoms with van der Waals surface area (Å²) in [5, 5.41) is 16.6. The van der Waals surface area contributed by atoms with E-state index in [0.29, 0.717) is 21.5 Å². The van der Waals surface area contributed by atoms with Crippen LogP contribution in [0.2, 0.25) is 5.02 Å². The van der Waals surface area contributed by atoms with Crippen LogP contribution in [-0.2, 0) is 4.79 Å². The summed E-state index contributed by atoms with van der Waals surface area (Å²) >= 11 is 12.0. The van der Waals surface area contributed by atoms with Gasteiger partial charge >= 0.3 is 5.97 Å². The summed E-state index contributed by atoms with van der Waals surface area (Å²) in [7, 11) is 0. The maximum atomic E-state index is 13.8. The Morgan fingerprint density at radius 2 is 1.88 bits per heavy atom. The van der Waals surface area contributed by atoms with Crippen molar-refractivity contribution in [2.75, 3.05) is 16.5 Å². The fraction of sp³-hybridized carbons (Fsp3) is 0.0909. The lowest BCUT2D eigenvalue weighted by atomic mass is 10.1. The fourth-order valence-electron chi connectivity index (χ4n) is 2.83. The van der Waals surface area contributed by atoms with Crippen molar-refractivity contribution >= 4 is 57.8 Å². The summed E-state index contributed by atoms with van der Waals surface area (Å²) < 4.78 is 32.5. The lowest BCUT2D eigenvalue weighted by Crippen LogP contribution is -2.23. The maximum Gasteiger partial charge on any atom is 0.339 e. The zero-order valence-electron chi connectivity index (χ0n) is 16.9. The van der Waals surface area contributed by atoms with Crippen molar-refractivity contribution in [1.29, 1.82) is 0 Å². The highest BCUT2D eigenvalue weighted by atomic mass is 35.5. The molecule has 1 aromatic heterocycles. The highest BCUT2D eigenvalue weighted by Gasteiger charge is 2.25. The van der Waals surface area contributed by atoms with Crippen molar-refractivity contribution in [3.63, 3.8) is 0 Å². The van der Waals surface area contributed by atoms with Gasteiger partial charge in [0, 0.05) is 28.4 Å². The van der Waals surface area contributed by atoms with Crippen molar-refractivity contribution < 1.29 is 28.2 Å². The molecule has 0 radical (unpaired) electrons. The minimum absolute atomic E-state index is 0.0585. The lowest BCUT2D eigenvalue weighted by molar-refractivity contribution is -0.114. The van der Waals surface area contributed by atoms with Gasteiger partial charge in [0.15, 0.2) is 11.6 Å². The molecule has 0 aliphatic carbocycles. The van der Waals surface area contributed by atoms with Gasteiger partial charge in [-0.2, -0.15) is 0 Å². The second kappa shape index (κ2) is 10.7. The third-order valence-electron chi connectivity index (χ3n) is 4.17. The van der Waals surface area contributed by atoms with Gasteiger partial charge < -0.3 is 20.5 Å². The number of rotatable bonds is 4. The van der Waals surface area contributed by atoms with Crippen LogP contribution in [0.15, 0.2) is 53.7 Å². The molecule has 3 aromatic rings. The molecule has 0 saturated heterocycles. The van der Waals surface area contributed by atoms with E-state index in [0.717, 1.165) is 29.5 Å². The number of halogens is 4. The van der Waals surface area contributed by atoms with E-state index in [-0.39, 0.29) is 28.4 Å². The van der Waals surface area contributed by atoms with E-state index in [1.807, 2.05) is 6.92 Å². The average molecular weight is 513 g/mol. The molecule has 4 rings (SSSR count). The van der Waals surface area contributed by atoms with Crippen LogP contribution in [0.1, 0.15) is 17.3 Å². The standard InChI is InChI=1S/C20H11ClF2N2O4S.C2H5Cl/c21-10-3-1-9(2-4-10)18-16(20(27)28)13(8-30-18)25-19(26)15-7-24-17-12(23)5-11(22)6-14(17)29-15;1-2-3/h1-8,24H,(H,25,26)(H,27,28);2H2,1H3. The van der Waals surface area contributed by atoms with E-state index in [1.165, 1.54) is 5.38 Å². The van der Waals surface area contributed by atoms with E-state index in [9.17, 15) is 23.5 Å². The fourth-order valence-corrected chi connectivity index (χ4v) is 3.95. The summed E-state index contributed by atoms with van der Waals surface area (Å²) in [5.74, 6) is -3.54. The van der Waals surface area contributed by atoms with Crippen LogP contribution < -0.4 is 15.4 Å². The van der Waals surface area contributed by atoms with Gasteiger partial charge in [-0.15, -0.1) is 22.9 Å². The van der Waals surface area contributed by atoms with E-state index in [1.54, 1.807) is 24.3 Å². The van der Waals surface area contributed by atoms with E-state index in [2.05, 4.69) is 10.6 Å². The molecule has 6 nitrogen and oxygen atoms in total. The first kappa shape index (κ1) is 24.5. The predicted molar refractivity (Wildman–Crippen MR) is 125 cm³/mol. The summed E-state index contributed by atoms with van der Waals surface area (Å²) in [6.07, 6.45) is 1.10. The molecule has 3 N–H and O–H groups in total. The number of aromatic carboxylic acids is 1. The molecule has 33 heavy (non-hydrogen) atoms. The second-order valence-electron chi connectivity index (χ2n) is 6.40. The number of fused-ring (bicyclic) bond motifs is 1. The van der Waals surface area contributed by atoms with Gasteiger partial charge in [-0.25, -0.2) is 13.6 Å². The second-order valence-corrected chi connectivity index (χ2v) is 8.25. The maximum absolute atomic E-state index is 13.8. The molecule has 2 heterocycles. The van der Waals surface area contributed by atoms with Crippen LogP contribution in [-0.4, -0.2) is 22.9 Å². The third-order valence-corrected chi connectivity index (χ3v) is 5.45. The van der Waals surface area contributed by atoms with Crippen LogP contribution in [0, 0.1) is 11.6 Å². The Hall–Kier alpha value is -3.14. The SMILES string of the molecule is CCCl.O=C(Nc1csc(-c2ccc(Cl)cc2)c1C(=O)O)C1=CNc2c(F)cc(F)cc2O1. The quantitative estimate of drug-likeness (QED) is 0.344. The number of alkyl halides is 1. The number of nitrogens with one attached hydrogen (secondary N) is 2. The van der Waals surface area contributed by atoms with Crippen molar-refractivity contribution in [3.05, 3.63) is 76.0 Å². The van der Waals surface area contributed by atoms with Gasteiger partial charge in [-0.05, 0) is 17.7 Å². The number of carboxylic acids is 1. The molecule has 11 heteroatoms. The number of carboxylic acid groups (broad SMARTS) is 1. The lowest BCUT2D eigenvalue weighted by Gasteiger charge is -2.19. The normalized spacial score (nSPS) is 11.7. The number of hydrogen-bond acceptors (Lipinski definition) is 5. The molecular weight excluding hydrogens is 497 g/mol. The van der Waals surface area contributed by atoms with Gasteiger partial charge in [0.1, 0.15) is 17.1 Å². The monoisotopic (exact) mass is 512 g/mol. The first-order valence-electron chi connectivity index (χ1n) is 9.36. The molecule has 0 fully saturated rings. The van der Waals surface area contributed by atoms with Crippen molar-refractivity contribution in [3.8, 4) is 16.2 Å². The van der Waals surface area contributed by atoms with E-state index < -0.39 is 23.5 Å². The molecule has 1 aliphatic rings. The van der Waals surface area contributed by atoms with E-state index in [4.69, 9.17) is 27.9 Å². The smallest absolute Gasteiger partial charge is 0.339 e. The van der Waals surface area contributed by atoms with Crippen LogP contribution >= 0.6 is 34.5 Å². The molecule has 1 aliphatic heterocycles. The largest absolute Gasteiger partial charge is 0.478 e. The van der Waals surface area contributed by atoms with Gasteiger partial charge in [-0.1, -0.05) is 30.7 Å². The topological polar surface area (TPSA) is 87.7 Å². The number of thiophene rings is 1. The number of amides is 1. The first-order chi connectivity index (χ1) is 15.7. The molecule has 0 bridgehead atoms. The summed E-state index contributed by atoms with van der Waals surface area (Å²) in [4.78, 5) is 24.8. The van der Waals surface area contributed by atoms with Gasteiger partial charge in [0.2, 0.25) is 5.76 Å². The number of benzene rings is 2. The van der Waals surface area contributed by atoms with Crippen LogP contribution in [0.25, 0.3) is 10.4 Å². The summed E-state index contributed by atoms with van der Waals surface area (Å²) in [5.41, 5.74) is 0.470. The third kappa shape index (κ3) is 5.62. The van der Waals surface area contributed by atoms with Crippen molar-refractivity contribution in [2.24, 2.45) is 0 Å². The van der Waals surface area contributed by atoms with Crippen LogP contribution in [0.4, 0.5) is 20.2 Å². The number of anilines is 2. The zero-order valence-corrected chi connectivity index (χ0v) is 19.2. The number of carbonyl (C=O) groups is 2. The Labute approximate surface area is 201 Å². The molecular formula is C22H16Cl2F2N2O4S. The highest BCUT2D eigenvalue weighted by molar-refractivity contribution is 7.14. The Morgan fingerprint density at radius 3 is 2.52 bits per heavy atom. The number of ether oxygens (including phenoxy) is 1. The number of carbonyl (C=O) groups excluding carboxylic acids is 1. The van der Waals surface area contributed by atoms with Crippen LogP contribution in [0.3, 0.4) is 0 Å². The molecule has 1 amide bonds. The molecule has 172 valence electrons. The molecule has 0 unspecified atom stereocenters. The Kier molecular flexibility index (Phi) is 7.91. The number of hydrogen-bond donors (Lipinski definition) is 3. The molecule has 0 spiro atoms. The zero-order chi connectivity index (χ0) is 24.1. The van der Waals surface area contributed by atoms with Crippen molar-refractivity contribution in [1.82, 2.24) is 0 Å². The van der Waals surface area contributed by atoms with Crippen molar-refractivity contribution in [2.45, 2.75) is 6.92 Å². The molecule has 0 atom stereocenters. The first-order valence-corrected chi connectivity index (χ1v) is 11.2. The van der Waals surface area contributed by atoms with Gasteiger partial charge in [0.05, 0.1) is 16.8 Å². The van der Waals surface area contributed by atoms with E-state index >= 15 is 0 Å². The average Bonchev–Trinajstić information content (AvgIpc) is 3.18. The minimum Gasteiger partial charge on any atom is -0.478 e.